The van der Waals surface area contributed by atoms with Gasteiger partial charge in [-0.25, -0.2) is 9.59 Å². The van der Waals surface area contributed by atoms with Crippen molar-refractivity contribution in [3.05, 3.63) is 22.1 Å². The van der Waals surface area contributed by atoms with Gasteiger partial charge in [0.25, 0.3) is 6.47 Å². The van der Waals surface area contributed by atoms with E-state index in [-0.39, 0.29) is 31.4 Å². The molecule has 0 spiro atoms. The smallest absolute Gasteiger partial charge is 0.353 e. The maximum absolute atomic E-state index is 12.2. The van der Waals surface area contributed by atoms with Crippen molar-refractivity contribution < 1.29 is 33.8 Å². The van der Waals surface area contributed by atoms with Crippen molar-refractivity contribution in [2.45, 2.75) is 25.5 Å². The standard InChI is InChI=1S/C15H18N2O7S/c1-8(24-7-18)12-9-6-10(13(15(21)22)17(9)14(12)20)25-5-2-11(19)23-4-3-16/h2,5,7-9,12H,3-4,6,16H2,1H3,(H,21,22)/b5-2-/t8-,9-,12-/m1/s1. The van der Waals surface area contributed by atoms with Crippen LogP contribution >= 0.6 is 11.8 Å². The number of nitrogens with two attached hydrogens (primary N) is 1. The zero-order chi connectivity index (χ0) is 18.6. The summed E-state index contributed by atoms with van der Waals surface area (Å²) in [5.74, 6) is -2.77. The number of carbonyl (C=O) groups excluding carboxylic acids is 3. The molecule has 1 fully saturated rings. The largest absolute Gasteiger partial charge is 0.477 e. The molecule has 1 saturated heterocycles. The molecule has 10 heteroatoms. The number of carboxylic acids is 1. The van der Waals surface area contributed by atoms with Crippen LogP contribution in [0.15, 0.2) is 22.1 Å². The quantitative estimate of drug-likeness (QED) is 0.245. The Balaban J connectivity index is 2.07. The fraction of sp³-hybridized carbons (Fsp3) is 0.467. The average Bonchev–Trinajstić information content (AvgIpc) is 2.88. The maximum atomic E-state index is 12.2. The molecule has 0 saturated carbocycles. The van der Waals surface area contributed by atoms with Gasteiger partial charge in [-0.2, -0.15) is 0 Å². The highest BCUT2D eigenvalue weighted by Crippen LogP contribution is 2.47. The summed E-state index contributed by atoms with van der Waals surface area (Å²) in [4.78, 5) is 47.2. The molecule has 0 radical (unpaired) electrons. The molecule has 3 atom stereocenters. The van der Waals surface area contributed by atoms with Crippen molar-refractivity contribution in [1.82, 2.24) is 4.90 Å². The van der Waals surface area contributed by atoms with E-state index in [9.17, 15) is 24.3 Å². The Bertz CT molecular complexity index is 646. The molecule has 2 heterocycles. The molecule has 0 aromatic heterocycles. The van der Waals surface area contributed by atoms with E-state index in [1.54, 1.807) is 6.92 Å². The van der Waals surface area contributed by atoms with Crippen LogP contribution in [0.25, 0.3) is 0 Å². The van der Waals surface area contributed by atoms with Crippen LogP contribution in [0.2, 0.25) is 0 Å². The minimum Gasteiger partial charge on any atom is -0.477 e. The molecule has 2 rings (SSSR count). The first-order chi connectivity index (χ1) is 11.9. The van der Waals surface area contributed by atoms with E-state index in [0.29, 0.717) is 11.3 Å². The van der Waals surface area contributed by atoms with Crippen LogP contribution in [-0.4, -0.2) is 59.6 Å². The van der Waals surface area contributed by atoms with Gasteiger partial charge in [0.15, 0.2) is 0 Å². The number of β-lactam (4-membered cyclic amide) rings is 1. The zero-order valence-electron chi connectivity index (χ0n) is 13.4. The van der Waals surface area contributed by atoms with Gasteiger partial charge in [-0.05, 0) is 12.3 Å². The van der Waals surface area contributed by atoms with Crippen molar-refractivity contribution in [1.29, 1.82) is 0 Å². The summed E-state index contributed by atoms with van der Waals surface area (Å²) in [6, 6.07) is -0.367. The van der Waals surface area contributed by atoms with Gasteiger partial charge >= 0.3 is 11.9 Å². The van der Waals surface area contributed by atoms with E-state index in [1.807, 2.05) is 0 Å². The summed E-state index contributed by atoms with van der Waals surface area (Å²) in [6.07, 6.45) is 0.851. The number of aliphatic carboxylic acids is 1. The molecule has 9 nitrogen and oxygen atoms in total. The SMILES string of the molecule is C[C@@H](OC=O)[C@H]1C(=O)N2C(C(=O)O)=C(S/C=C\C(=O)OCCN)C[C@H]12. The number of rotatable bonds is 9. The Hall–Kier alpha value is -2.33. The van der Waals surface area contributed by atoms with E-state index >= 15 is 0 Å². The topological polar surface area (TPSA) is 136 Å². The van der Waals surface area contributed by atoms with Crippen LogP contribution in [-0.2, 0) is 28.7 Å². The monoisotopic (exact) mass is 370 g/mol. The highest BCUT2D eigenvalue weighted by molar-refractivity contribution is 8.05. The Morgan fingerprint density at radius 1 is 1.52 bits per heavy atom. The second-order valence-electron chi connectivity index (χ2n) is 5.40. The van der Waals surface area contributed by atoms with Gasteiger partial charge in [0.2, 0.25) is 5.91 Å². The molecular weight excluding hydrogens is 352 g/mol. The first kappa shape index (κ1) is 19.0. The molecule has 25 heavy (non-hydrogen) atoms. The molecule has 2 aliphatic heterocycles. The predicted octanol–water partition coefficient (Wildman–Crippen LogP) is -0.176. The Labute approximate surface area is 147 Å². The number of hydrogen-bond donors (Lipinski definition) is 2. The fourth-order valence-corrected chi connectivity index (χ4v) is 3.78. The summed E-state index contributed by atoms with van der Waals surface area (Å²) < 4.78 is 9.59. The van der Waals surface area contributed by atoms with E-state index in [4.69, 9.17) is 15.2 Å². The Kier molecular flexibility index (Phi) is 6.21. The number of ether oxygens (including phenoxy) is 2. The minimum absolute atomic E-state index is 0.0948. The Morgan fingerprint density at radius 2 is 2.24 bits per heavy atom. The number of nitrogens with zero attached hydrogens (tertiary/aromatic N) is 1. The molecule has 0 aliphatic carbocycles. The summed E-state index contributed by atoms with van der Waals surface area (Å²) >= 11 is 1.04. The van der Waals surface area contributed by atoms with Gasteiger partial charge in [-0.15, -0.1) is 0 Å². The molecule has 0 unspecified atom stereocenters. The van der Waals surface area contributed by atoms with E-state index < -0.39 is 29.9 Å². The summed E-state index contributed by atoms with van der Waals surface area (Å²) in [5.41, 5.74) is 5.11. The summed E-state index contributed by atoms with van der Waals surface area (Å²) in [7, 11) is 0. The molecule has 0 aromatic carbocycles. The van der Waals surface area contributed by atoms with E-state index in [0.717, 1.165) is 11.8 Å². The van der Waals surface area contributed by atoms with Crippen molar-refractivity contribution in [3.8, 4) is 0 Å². The number of hydrogen-bond acceptors (Lipinski definition) is 8. The molecule has 136 valence electrons. The van der Waals surface area contributed by atoms with E-state index in [1.165, 1.54) is 16.4 Å². The zero-order valence-corrected chi connectivity index (χ0v) is 14.2. The van der Waals surface area contributed by atoms with Crippen LogP contribution in [0.1, 0.15) is 13.3 Å². The molecule has 1 amide bonds. The van der Waals surface area contributed by atoms with Gasteiger partial charge in [-0.1, -0.05) is 11.8 Å². The lowest BCUT2D eigenvalue weighted by Gasteiger charge is -2.45. The van der Waals surface area contributed by atoms with E-state index in [2.05, 4.69) is 0 Å². The number of carbonyl (C=O) groups is 4. The normalized spacial score (nSPS) is 23.3. The number of esters is 1. The minimum atomic E-state index is -1.22. The Morgan fingerprint density at radius 3 is 2.84 bits per heavy atom. The van der Waals surface area contributed by atoms with Crippen molar-refractivity contribution in [2.75, 3.05) is 13.2 Å². The van der Waals surface area contributed by atoms with Gasteiger partial charge in [-0.3, -0.25) is 9.59 Å². The lowest BCUT2D eigenvalue weighted by molar-refractivity contribution is -0.165. The third-order valence-corrected chi connectivity index (χ3v) is 4.84. The molecule has 3 N–H and O–H groups in total. The third-order valence-electron chi connectivity index (χ3n) is 3.92. The lowest BCUT2D eigenvalue weighted by atomic mass is 9.83. The highest BCUT2D eigenvalue weighted by atomic mass is 32.2. The third kappa shape index (κ3) is 3.85. The second-order valence-corrected chi connectivity index (χ2v) is 6.40. The van der Waals surface area contributed by atoms with Crippen LogP contribution in [0.4, 0.5) is 0 Å². The van der Waals surface area contributed by atoms with Gasteiger partial charge in [0.05, 0.1) is 12.0 Å². The van der Waals surface area contributed by atoms with Gasteiger partial charge < -0.3 is 25.2 Å². The number of amides is 1. The van der Waals surface area contributed by atoms with Crippen LogP contribution in [0.3, 0.4) is 0 Å². The van der Waals surface area contributed by atoms with Gasteiger partial charge in [0.1, 0.15) is 18.4 Å². The lowest BCUT2D eigenvalue weighted by Crippen LogP contribution is -2.62. The second kappa shape index (κ2) is 8.17. The number of thioether (sulfide) groups is 1. The summed E-state index contributed by atoms with van der Waals surface area (Å²) in [6.45, 7) is 2.17. The molecule has 2 aliphatic rings. The predicted molar refractivity (Wildman–Crippen MR) is 86.8 cm³/mol. The fourth-order valence-electron chi connectivity index (χ4n) is 2.87. The average molecular weight is 370 g/mol. The first-order valence-corrected chi connectivity index (χ1v) is 8.39. The van der Waals surface area contributed by atoms with Crippen LogP contribution < -0.4 is 5.73 Å². The summed E-state index contributed by atoms with van der Waals surface area (Å²) in [5, 5.41) is 10.8. The van der Waals surface area contributed by atoms with Crippen molar-refractivity contribution in [3.63, 3.8) is 0 Å². The molecular formula is C15H18N2O7S. The van der Waals surface area contributed by atoms with Crippen LogP contribution in [0, 0.1) is 5.92 Å². The molecule has 0 aromatic rings. The molecule has 0 bridgehead atoms. The highest BCUT2D eigenvalue weighted by Gasteiger charge is 2.57. The maximum Gasteiger partial charge on any atom is 0.353 e. The first-order valence-electron chi connectivity index (χ1n) is 7.51. The number of fused-ring (bicyclic) bond motifs is 1. The van der Waals surface area contributed by atoms with Crippen molar-refractivity contribution >= 4 is 36.1 Å². The van der Waals surface area contributed by atoms with Crippen molar-refractivity contribution in [2.24, 2.45) is 11.7 Å². The van der Waals surface area contributed by atoms with Gasteiger partial charge in [0, 0.05) is 23.9 Å². The number of carboxylic acid groups (broad SMARTS) is 1. The van der Waals surface area contributed by atoms with Crippen LogP contribution in [0.5, 0.6) is 0 Å².